The maximum atomic E-state index is 13.0. The van der Waals surface area contributed by atoms with Crippen LogP contribution >= 0.6 is 0 Å². The molecule has 0 atom stereocenters. The molecule has 0 aliphatic rings. The van der Waals surface area contributed by atoms with Crippen molar-refractivity contribution in [2.45, 2.75) is 110 Å². The van der Waals surface area contributed by atoms with Gasteiger partial charge in [-0.3, -0.25) is 14.4 Å². The molecule has 0 aromatic heterocycles. The van der Waals surface area contributed by atoms with Crippen LogP contribution in [0, 0.1) is 0 Å². The number of amides is 2. The molecule has 0 bridgehead atoms. The maximum Gasteiger partial charge on any atom is 0.305 e. The second-order valence-corrected chi connectivity index (χ2v) is 11.3. The fourth-order valence-electron chi connectivity index (χ4n) is 5.09. The minimum Gasteiger partial charge on any atom is -0.464 e. The van der Waals surface area contributed by atoms with Crippen LogP contribution in [-0.4, -0.2) is 95.5 Å². The molecule has 1 rings (SSSR count). The first-order valence-corrected chi connectivity index (χ1v) is 16.6. The molecule has 2 amide bonds. The molecule has 1 aromatic rings. The van der Waals surface area contributed by atoms with Crippen molar-refractivity contribution in [3.8, 4) is 0 Å². The molecule has 0 fully saturated rings. The highest BCUT2D eigenvalue weighted by molar-refractivity contribution is 5.97. The summed E-state index contributed by atoms with van der Waals surface area (Å²) in [6, 6.07) is 6.09. The first kappa shape index (κ1) is 38.5. The van der Waals surface area contributed by atoms with Crippen LogP contribution in [0.1, 0.15) is 130 Å². The van der Waals surface area contributed by atoms with Gasteiger partial charge in [-0.1, -0.05) is 96.8 Å². The van der Waals surface area contributed by atoms with Gasteiger partial charge < -0.3 is 29.9 Å². The van der Waals surface area contributed by atoms with Crippen molar-refractivity contribution >= 4 is 17.8 Å². The van der Waals surface area contributed by atoms with Crippen molar-refractivity contribution in [2.75, 3.05) is 52.6 Å². The van der Waals surface area contributed by atoms with E-state index in [0.717, 1.165) is 19.3 Å². The Morgan fingerprint density at radius 3 is 1.28 bits per heavy atom. The van der Waals surface area contributed by atoms with Gasteiger partial charge in [0.2, 0.25) is 0 Å². The molecule has 246 valence electrons. The van der Waals surface area contributed by atoms with E-state index in [2.05, 4.69) is 6.92 Å². The average Bonchev–Trinajstić information content (AvgIpc) is 3.01. The molecule has 0 unspecified atom stereocenters. The first-order valence-electron chi connectivity index (χ1n) is 16.6. The number of benzene rings is 1. The summed E-state index contributed by atoms with van der Waals surface area (Å²) < 4.78 is 5.34. The summed E-state index contributed by atoms with van der Waals surface area (Å²) in [5, 5.41) is 27.7. The van der Waals surface area contributed by atoms with Gasteiger partial charge in [0, 0.05) is 37.2 Å². The fourth-order valence-corrected chi connectivity index (χ4v) is 5.09. The number of nitrogens with zero attached hydrogens (tertiary/aromatic N) is 2. The largest absolute Gasteiger partial charge is 0.464 e. The van der Waals surface area contributed by atoms with Gasteiger partial charge in [0.05, 0.1) is 26.4 Å². The third-order valence-corrected chi connectivity index (χ3v) is 7.67. The van der Waals surface area contributed by atoms with Crippen LogP contribution in [0.25, 0.3) is 0 Å². The third-order valence-electron chi connectivity index (χ3n) is 7.67. The minimum absolute atomic E-state index is 0.0527. The Hall–Kier alpha value is -2.49. The standard InChI is InChI=1S/C34H58N2O7/c1-2-3-4-5-6-7-8-9-10-11-12-13-14-15-16-17-32(40)43-29-25-36(24-28-39)34(42)31-20-18-30(19-21-31)33(41)35(22-26-37)23-27-38/h18-21,37-39H,2-17,22-29H2,1H3. The fraction of sp³-hybridized carbons (Fsp3) is 0.735. The van der Waals surface area contributed by atoms with E-state index < -0.39 is 0 Å². The van der Waals surface area contributed by atoms with Crippen molar-refractivity contribution < 1.29 is 34.4 Å². The number of carbonyl (C=O) groups excluding carboxylic acids is 3. The Kier molecular flexibility index (Phi) is 23.3. The first-order chi connectivity index (χ1) is 21.0. The number of hydrogen-bond acceptors (Lipinski definition) is 7. The quantitative estimate of drug-likeness (QED) is 0.0910. The zero-order valence-electron chi connectivity index (χ0n) is 26.6. The van der Waals surface area contributed by atoms with Crippen LogP contribution in [0.4, 0.5) is 0 Å². The molecule has 0 aliphatic carbocycles. The van der Waals surface area contributed by atoms with Crippen molar-refractivity contribution in [1.29, 1.82) is 0 Å². The molecule has 0 saturated carbocycles. The maximum absolute atomic E-state index is 13.0. The minimum atomic E-state index is -0.352. The smallest absolute Gasteiger partial charge is 0.305 e. The average molecular weight is 607 g/mol. The van der Waals surface area contributed by atoms with E-state index in [1.165, 1.54) is 111 Å². The van der Waals surface area contributed by atoms with E-state index in [4.69, 9.17) is 14.9 Å². The Labute approximate surface area is 259 Å². The van der Waals surface area contributed by atoms with Crippen LogP contribution in [0.5, 0.6) is 0 Å². The van der Waals surface area contributed by atoms with Gasteiger partial charge in [-0.25, -0.2) is 0 Å². The molecule has 0 aliphatic heterocycles. The molecule has 9 nitrogen and oxygen atoms in total. The van der Waals surface area contributed by atoms with Crippen LogP contribution in [0.2, 0.25) is 0 Å². The predicted octanol–water partition coefficient (Wildman–Crippen LogP) is 5.35. The molecule has 1 aromatic carbocycles. The SMILES string of the molecule is CCCCCCCCCCCCCCCCCC(=O)OCCN(CCO)C(=O)c1ccc(C(=O)N(CCO)CCO)cc1. The zero-order valence-corrected chi connectivity index (χ0v) is 26.6. The lowest BCUT2D eigenvalue weighted by Crippen LogP contribution is -2.37. The normalized spacial score (nSPS) is 11.0. The molecule has 0 radical (unpaired) electrons. The predicted molar refractivity (Wildman–Crippen MR) is 170 cm³/mol. The van der Waals surface area contributed by atoms with Crippen molar-refractivity contribution in [1.82, 2.24) is 9.80 Å². The molecular weight excluding hydrogens is 548 g/mol. The van der Waals surface area contributed by atoms with Crippen LogP contribution in [0.15, 0.2) is 24.3 Å². The van der Waals surface area contributed by atoms with E-state index in [9.17, 15) is 19.5 Å². The van der Waals surface area contributed by atoms with Crippen LogP contribution in [0.3, 0.4) is 0 Å². The molecule has 9 heteroatoms. The molecule has 0 heterocycles. The van der Waals surface area contributed by atoms with Crippen molar-refractivity contribution in [3.05, 3.63) is 35.4 Å². The Balaban J connectivity index is 2.23. The third kappa shape index (κ3) is 18.0. The number of unbranched alkanes of at least 4 members (excludes halogenated alkanes) is 14. The van der Waals surface area contributed by atoms with Gasteiger partial charge in [-0.2, -0.15) is 0 Å². The topological polar surface area (TPSA) is 128 Å². The van der Waals surface area contributed by atoms with E-state index in [-0.39, 0.29) is 70.4 Å². The summed E-state index contributed by atoms with van der Waals surface area (Å²) in [7, 11) is 0. The lowest BCUT2D eigenvalue weighted by molar-refractivity contribution is -0.144. The van der Waals surface area contributed by atoms with Gasteiger partial charge in [0.1, 0.15) is 6.61 Å². The summed E-state index contributed by atoms with van der Waals surface area (Å²) in [6.07, 6.45) is 19.4. The molecule has 43 heavy (non-hydrogen) atoms. The number of esters is 1. The summed E-state index contributed by atoms with van der Waals surface area (Å²) in [6.45, 7) is 2.09. The van der Waals surface area contributed by atoms with E-state index in [1.807, 2.05) is 0 Å². The number of ether oxygens (including phenoxy) is 1. The van der Waals surface area contributed by atoms with Crippen molar-refractivity contribution in [2.24, 2.45) is 0 Å². The number of rotatable bonds is 27. The molecule has 0 saturated heterocycles. The number of aliphatic hydroxyl groups excluding tert-OH is 3. The van der Waals surface area contributed by atoms with E-state index in [0.29, 0.717) is 17.5 Å². The lowest BCUT2D eigenvalue weighted by Gasteiger charge is -2.22. The van der Waals surface area contributed by atoms with Gasteiger partial charge >= 0.3 is 5.97 Å². The molecule has 0 spiro atoms. The number of aliphatic hydroxyl groups is 3. The molecular formula is C34H58N2O7. The van der Waals surface area contributed by atoms with Gasteiger partial charge in [0.15, 0.2) is 0 Å². The highest BCUT2D eigenvalue weighted by Crippen LogP contribution is 2.14. The second-order valence-electron chi connectivity index (χ2n) is 11.3. The Morgan fingerprint density at radius 2 is 0.907 bits per heavy atom. The highest BCUT2D eigenvalue weighted by Gasteiger charge is 2.19. The second kappa shape index (κ2) is 26.0. The highest BCUT2D eigenvalue weighted by atomic mass is 16.5. The Bertz CT molecular complexity index is 857. The summed E-state index contributed by atoms with van der Waals surface area (Å²) in [4.78, 5) is 40.5. The van der Waals surface area contributed by atoms with Crippen LogP contribution in [-0.2, 0) is 9.53 Å². The monoisotopic (exact) mass is 606 g/mol. The van der Waals surface area contributed by atoms with Crippen molar-refractivity contribution in [3.63, 3.8) is 0 Å². The number of carbonyl (C=O) groups is 3. The molecule has 3 N–H and O–H groups in total. The van der Waals surface area contributed by atoms with Gasteiger partial charge in [-0.05, 0) is 30.7 Å². The summed E-state index contributed by atoms with van der Waals surface area (Å²) in [5.74, 6) is -0.964. The van der Waals surface area contributed by atoms with Crippen LogP contribution < -0.4 is 0 Å². The zero-order chi connectivity index (χ0) is 31.5. The lowest BCUT2D eigenvalue weighted by atomic mass is 10.0. The van der Waals surface area contributed by atoms with Gasteiger partial charge in [0.25, 0.3) is 11.8 Å². The van der Waals surface area contributed by atoms with E-state index in [1.54, 1.807) is 0 Å². The van der Waals surface area contributed by atoms with E-state index >= 15 is 0 Å². The Morgan fingerprint density at radius 1 is 0.558 bits per heavy atom. The number of hydrogen-bond donors (Lipinski definition) is 3. The summed E-state index contributed by atoms with van der Waals surface area (Å²) in [5.41, 5.74) is 0.671. The van der Waals surface area contributed by atoms with Gasteiger partial charge in [-0.15, -0.1) is 0 Å². The summed E-state index contributed by atoms with van der Waals surface area (Å²) >= 11 is 0.